The molecule has 0 saturated carbocycles. The highest BCUT2D eigenvalue weighted by atomic mass is 19.1. The van der Waals surface area contributed by atoms with E-state index in [0.29, 0.717) is 26.3 Å². The highest BCUT2D eigenvalue weighted by molar-refractivity contribution is 5.90. The highest BCUT2D eigenvalue weighted by Crippen LogP contribution is 2.29. The van der Waals surface area contributed by atoms with E-state index in [-0.39, 0.29) is 31.6 Å². The molecule has 0 bridgehead atoms. The van der Waals surface area contributed by atoms with Crippen LogP contribution in [0.4, 0.5) is 19.3 Å². The molecule has 2 saturated heterocycles. The van der Waals surface area contributed by atoms with E-state index in [4.69, 9.17) is 4.74 Å². The maximum absolute atomic E-state index is 15.0. The first-order valence-electron chi connectivity index (χ1n) is 8.36. The number of carbonyl (C=O) groups is 2. The van der Waals surface area contributed by atoms with Gasteiger partial charge < -0.3 is 19.9 Å². The molecule has 1 aromatic rings. The van der Waals surface area contributed by atoms with Gasteiger partial charge >= 0.3 is 6.03 Å². The third-order valence-corrected chi connectivity index (χ3v) is 4.64. The number of anilines is 1. The molecule has 0 aliphatic carbocycles. The van der Waals surface area contributed by atoms with E-state index in [9.17, 15) is 14.0 Å². The molecule has 0 atom stereocenters. The van der Waals surface area contributed by atoms with E-state index in [1.807, 2.05) is 0 Å². The van der Waals surface area contributed by atoms with E-state index in [1.54, 1.807) is 6.07 Å². The van der Waals surface area contributed by atoms with E-state index in [2.05, 4.69) is 5.32 Å². The third-order valence-electron chi connectivity index (χ3n) is 4.64. The Morgan fingerprint density at radius 2 is 1.68 bits per heavy atom. The number of para-hydroxylation sites is 1. The number of benzene rings is 1. The van der Waals surface area contributed by atoms with Crippen LogP contribution in [0.1, 0.15) is 12.8 Å². The minimum atomic E-state index is -1.95. The quantitative estimate of drug-likeness (QED) is 0.885. The van der Waals surface area contributed by atoms with Crippen LogP contribution in [0.15, 0.2) is 24.3 Å². The number of hydrogen-bond acceptors (Lipinski definition) is 3. The van der Waals surface area contributed by atoms with Crippen LogP contribution >= 0.6 is 0 Å². The number of likely N-dealkylation sites (tertiary alicyclic amines) is 1. The summed E-state index contributed by atoms with van der Waals surface area (Å²) in [5.41, 5.74) is -1.87. The van der Waals surface area contributed by atoms with Gasteiger partial charge in [-0.3, -0.25) is 4.79 Å². The summed E-state index contributed by atoms with van der Waals surface area (Å²) in [5.74, 6) is -1.06. The summed E-state index contributed by atoms with van der Waals surface area (Å²) in [7, 11) is 0. The van der Waals surface area contributed by atoms with Crippen LogP contribution < -0.4 is 5.32 Å². The molecule has 0 spiro atoms. The molecule has 2 heterocycles. The Morgan fingerprint density at radius 3 is 2.32 bits per heavy atom. The van der Waals surface area contributed by atoms with E-state index in [1.165, 1.54) is 28.0 Å². The predicted molar refractivity (Wildman–Crippen MR) is 87.5 cm³/mol. The van der Waals surface area contributed by atoms with Crippen LogP contribution in [-0.4, -0.2) is 66.8 Å². The molecule has 2 fully saturated rings. The van der Waals surface area contributed by atoms with Crippen molar-refractivity contribution in [2.75, 3.05) is 44.7 Å². The molecule has 25 heavy (non-hydrogen) atoms. The number of alkyl halides is 1. The van der Waals surface area contributed by atoms with Crippen molar-refractivity contribution in [1.29, 1.82) is 0 Å². The highest BCUT2D eigenvalue weighted by Gasteiger charge is 2.45. The van der Waals surface area contributed by atoms with Crippen LogP contribution in [-0.2, 0) is 9.53 Å². The Balaban J connectivity index is 1.56. The molecule has 6 nitrogen and oxygen atoms in total. The van der Waals surface area contributed by atoms with Gasteiger partial charge in [-0.1, -0.05) is 12.1 Å². The average Bonchev–Trinajstić information content (AvgIpc) is 2.64. The lowest BCUT2D eigenvalue weighted by Gasteiger charge is -2.39. The molecule has 8 heteroatoms. The minimum absolute atomic E-state index is 0.0616. The zero-order valence-electron chi connectivity index (χ0n) is 13.8. The lowest BCUT2D eigenvalue weighted by molar-refractivity contribution is -0.151. The summed E-state index contributed by atoms with van der Waals surface area (Å²) in [5, 5.41) is 2.48. The number of piperidine rings is 1. The summed E-state index contributed by atoms with van der Waals surface area (Å²) >= 11 is 0. The lowest BCUT2D eigenvalue weighted by atomic mass is 9.91. The Hall–Kier alpha value is -2.22. The number of urea groups is 1. The molecule has 1 aromatic carbocycles. The molecule has 2 aliphatic heterocycles. The Kier molecular flexibility index (Phi) is 5.17. The molecule has 0 aromatic heterocycles. The van der Waals surface area contributed by atoms with Gasteiger partial charge in [0.05, 0.1) is 18.9 Å². The zero-order chi connectivity index (χ0) is 17.9. The molecule has 3 rings (SSSR count). The number of carbonyl (C=O) groups excluding carboxylic acids is 2. The van der Waals surface area contributed by atoms with E-state index >= 15 is 4.39 Å². The van der Waals surface area contributed by atoms with Gasteiger partial charge in [0.15, 0.2) is 5.67 Å². The average molecular weight is 353 g/mol. The van der Waals surface area contributed by atoms with Crippen molar-refractivity contribution < 1.29 is 23.1 Å². The second-order valence-electron chi connectivity index (χ2n) is 6.27. The van der Waals surface area contributed by atoms with Gasteiger partial charge in [-0.15, -0.1) is 0 Å². The fourth-order valence-electron chi connectivity index (χ4n) is 3.08. The number of nitrogens with zero attached hydrogens (tertiary/aromatic N) is 2. The summed E-state index contributed by atoms with van der Waals surface area (Å²) in [6.45, 7) is 1.82. The van der Waals surface area contributed by atoms with Gasteiger partial charge in [-0.2, -0.15) is 0 Å². The largest absolute Gasteiger partial charge is 0.378 e. The molecular weight excluding hydrogens is 332 g/mol. The SMILES string of the molecule is O=C(Nc1ccccc1F)N1CCC(F)(C(=O)N2CCOCC2)CC1. The topological polar surface area (TPSA) is 61.9 Å². The first kappa shape index (κ1) is 17.6. The van der Waals surface area contributed by atoms with Crippen LogP contribution in [0.25, 0.3) is 0 Å². The number of morpholine rings is 1. The van der Waals surface area contributed by atoms with Crippen molar-refractivity contribution in [2.24, 2.45) is 0 Å². The van der Waals surface area contributed by atoms with Crippen molar-refractivity contribution in [3.8, 4) is 0 Å². The molecule has 0 radical (unpaired) electrons. The predicted octanol–water partition coefficient (Wildman–Crippen LogP) is 2.02. The molecule has 0 unspecified atom stereocenters. The van der Waals surface area contributed by atoms with Crippen LogP contribution in [0, 0.1) is 5.82 Å². The molecule has 3 amide bonds. The summed E-state index contributed by atoms with van der Waals surface area (Å²) in [4.78, 5) is 27.5. The van der Waals surface area contributed by atoms with Gasteiger partial charge in [0, 0.05) is 39.0 Å². The monoisotopic (exact) mass is 353 g/mol. The second kappa shape index (κ2) is 7.35. The van der Waals surface area contributed by atoms with Gasteiger partial charge in [0.25, 0.3) is 5.91 Å². The summed E-state index contributed by atoms with van der Waals surface area (Å²) < 4.78 is 33.8. The minimum Gasteiger partial charge on any atom is -0.378 e. The number of halogens is 2. The van der Waals surface area contributed by atoms with E-state index < -0.39 is 23.4 Å². The van der Waals surface area contributed by atoms with Crippen molar-refractivity contribution in [3.63, 3.8) is 0 Å². The number of hydrogen-bond donors (Lipinski definition) is 1. The van der Waals surface area contributed by atoms with Gasteiger partial charge in [0.1, 0.15) is 5.82 Å². The van der Waals surface area contributed by atoms with E-state index in [0.717, 1.165) is 0 Å². The first-order chi connectivity index (χ1) is 12.0. The maximum atomic E-state index is 15.0. The molecule has 1 N–H and O–H groups in total. The standard InChI is InChI=1S/C17H21F2N3O3/c18-13-3-1-2-4-14(13)20-16(24)22-7-5-17(19,6-8-22)15(23)21-9-11-25-12-10-21/h1-4H,5-12H2,(H,20,24). The smallest absolute Gasteiger partial charge is 0.321 e. The van der Waals surface area contributed by atoms with Gasteiger partial charge in [-0.05, 0) is 12.1 Å². The Bertz CT molecular complexity index is 642. The molecule has 136 valence electrons. The van der Waals surface area contributed by atoms with Gasteiger partial charge in [-0.25, -0.2) is 13.6 Å². The van der Waals surface area contributed by atoms with Crippen molar-refractivity contribution in [3.05, 3.63) is 30.1 Å². The summed E-state index contributed by atoms with van der Waals surface area (Å²) in [6, 6.07) is 5.35. The van der Waals surface area contributed by atoms with Crippen LogP contribution in [0.3, 0.4) is 0 Å². The fraction of sp³-hybridized carbons (Fsp3) is 0.529. The van der Waals surface area contributed by atoms with Gasteiger partial charge in [0.2, 0.25) is 0 Å². The van der Waals surface area contributed by atoms with Crippen LogP contribution in [0.2, 0.25) is 0 Å². The molecular formula is C17H21F2N3O3. The first-order valence-corrected chi connectivity index (χ1v) is 8.36. The molecule has 2 aliphatic rings. The third kappa shape index (κ3) is 3.89. The maximum Gasteiger partial charge on any atom is 0.321 e. The number of nitrogens with one attached hydrogen (secondary N) is 1. The second-order valence-corrected chi connectivity index (χ2v) is 6.27. The number of ether oxygens (including phenoxy) is 1. The Labute approximate surface area is 144 Å². The zero-order valence-corrected chi connectivity index (χ0v) is 13.8. The lowest BCUT2D eigenvalue weighted by Crippen LogP contribution is -2.55. The normalized spacial score (nSPS) is 20.2. The van der Waals surface area contributed by atoms with Crippen LogP contribution in [0.5, 0.6) is 0 Å². The number of amides is 3. The number of rotatable bonds is 2. The Morgan fingerprint density at radius 1 is 1.04 bits per heavy atom. The van der Waals surface area contributed by atoms with Crippen molar-refractivity contribution in [2.45, 2.75) is 18.5 Å². The summed E-state index contributed by atoms with van der Waals surface area (Å²) in [6.07, 6.45) is -0.123. The van der Waals surface area contributed by atoms with Crippen molar-refractivity contribution in [1.82, 2.24) is 9.80 Å². The van der Waals surface area contributed by atoms with Crippen molar-refractivity contribution >= 4 is 17.6 Å². The fourth-order valence-corrected chi connectivity index (χ4v) is 3.08.